The van der Waals surface area contributed by atoms with Crippen LogP contribution in [0.2, 0.25) is 0 Å². The van der Waals surface area contributed by atoms with E-state index in [1.807, 2.05) is 27.7 Å². The highest BCUT2D eigenvalue weighted by molar-refractivity contribution is 6.11. The first-order chi connectivity index (χ1) is 10.5. The van der Waals surface area contributed by atoms with E-state index in [0.717, 1.165) is 11.4 Å². The maximum Gasteiger partial charge on any atom is 0.229 e. The Bertz CT molecular complexity index is 643. The van der Waals surface area contributed by atoms with E-state index in [2.05, 4.69) is 5.32 Å². The van der Waals surface area contributed by atoms with Gasteiger partial charge in [0.05, 0.1) is 5.92 Å². The van der Waals surface area contributed by atoms with E-state index in [1.165, 1.54) is 0 Å². The van der Waals surface area contributed by atoms with E-state index in [0.29, 0.717) is 36.8 Å². The minimum absolute atomic E-state index is 0.0725. The molecule has 5 heteroatoms. The molecule has 1 heterocycles. The van der Waals surface area contributed by atoms with E-state index >= 15 is 0 Å². The number of nitrogens with two attached hydrogens (primary N) is 1. The molecule has 124 valence electrons. The molecule has 0 bridgehead atoms. The third-order valence-corrected chi connectivity index (χ3v) is 5.00. The number of dihydropyridines is 1. The fraction of sp³-hybridized carbons (Fsp3) is 0.611. The number of hydrogen-bond acceptors (Lipinski definition) is 4. The number of allylic oxidation sites excluding steroid dienone is 2. The zero-order valence-corrected chi connectivity index (χ0v) is 14.2. The second-order valence-electron chi connectivity index (χ2n) is 8.63. The lowest BCUT2D eigenvalue weighted by Crippen LogP contribution is -2.46. The van der Waals surface area contributed by atoms with Crippen LogP contribution in [0.25, 0.3) is 0 Å². The number of nitrogens with one attached hydrogen (secondary N) is 1. The second-order valence-corrected chi connectivity index (χ2v) is 8.63. The predicted molar refractivity (Wildman–Crippen MR) is 85.9 cm³/mol. The molecule has 3 N–H and O–H groups in total. The smallest absolute Gasteiger partial charge is 0.229 e. The minimum atomic E-state index is -0.881. The van der Waals surface area contributed by atoms with Gasteiger partial charge in [-0.05, 0) is 23.7 Å². The molecule has 0 aromatic rings. The maximum atomic E-state index is 12.6. The molecule has 0 saturated heterocycles. The monoisotopic (exact) mass is 316 g/mol. The molecule has 1 aliphatic heterocycles. The Morgan fingerprint density at radius 2 is 1.30 bits per heavy atom. The average molecular weight is 316 g/mol. The summed E-state index contributed by atoms with van der Waals surface area (Å²) in [5.74, 6) is -1.63. The van der Waals surface area contributed by atoms with Crippen LogP contribution in [-0.2, 0) is 14.4 Å². The van der Waals surface area contributed by atoms with Crippen LogP contribution in [0.15, 0.2) is 22.5 Å². The first-order valence-corrected chi connectivity index (χ1v) is 8.10. The lowest BCUT2D eigenvalue weighted by atomic mass is 9.65. The summed E-state index contributed by atoms with van der Waals surface area (Å²) in [4.78, 5) is 37.4. The number of primary amides is 1. The predicted octanol–water partition coefficient (Wildman–Crippen LogP) is 1.98. The Balaban J connectivity index is 2.13. The van der Waals surface area contributed by atoms with Crippen molar-refractivity contribution in [2.45, 2.75) is 53.4 Å². The topological polar surface area (TPSA) is 89.3 Å². The summed E-state index contributed by atoms with van der Waals surface area (Å²) in [7, 11) is 0. The van der Waals surface area contributed by atoms with Crippen molar-refractivity contribution >= 4 is 17.5 Å². The SMILES string of the molecule is CC1(C)CC(=O)C2=C(C1)NC1=C(C(=O)CC(C)(C)C1)C2C(N)=O. The fourth-order valence-electron chi connectivity index (χ4n) is 4.17. The summed E-state index contributed by atoms with van der Waals surface area (Å²) in [6.07, 6.45) is 2.12. The Hall–Kier alpha value is -1.91. The van der Waals surface area contributed by atoms with Crippen LogP contribution in [0.1, 0.15) is 53.4 Å². The minimum Gasteiger partial charge on any atom is -0.369 e. The van der Waals surface area contributed by atoms with Crippen LogP contribution in [0.3, 0.4) is 0 Å². The van der Waals surface area contributed by atoms with Crippen LogP contribution >= 0.6 is 0 Å². The lowest BCUT2D eigenvalue weighted by molar-refractivity contribution is -0.126. The molecule has 0 aromatic heterocycles. The third-order valence-electron chi connectivity index (χ3n) is 5.00. The molecule has 0 atom stereocenters. The molecule has 0 saturated carbocycles. The summed E-state index contributed by atoms with van der Waals surface area (Å²) < 4.78 is 0. The molecule has 3 aliphatic rings. The summed E-state index contributed by atoms with van der Waals surface area (Å²) >= 11 is 0. The normalized spacial score (nSPS) is 26.6. The molecule has 2 aliphatic carbocycles. The van der Waals surface area contributed by atoms with Gasteiger partial charge in [0.2, 0.25) is 5.91 Å². The van der Waals surface area contributed by atoms with Gasteiger partial charge in [0.15, 0.2) is 11.6 Å². The largest absolute Gasteiger partial charge is 0.369 e. The van der Waals surface area contributed by atoms with Gasteiger partial charge in [0, 0.05) is 35.4 Å². The molecule has 23 heavy (non-hydrogen) atoms. The number of carbonyl (C=O) groups is 3. The summed E-state index contributed by atoms with van der Waals surface area (Å²) in [5, 5.41) is 3.32. The van der Waals surface area contributed by atoms with E-state index < -0.39 is 11.8 Å². The van der Waals surface area contributed by atoms with Crippen molar-refractivity contribution in [2.24, 2.45) is 22.5 Å². The molecule has 5 nitrogen and oxygen atoms in total. The highest BCUT2D eigenvalue weighted by Gasteiger charge is 2.47. The van der Waals surface area contributed by atoms with Crippen molar-refractivity contribution in [3.05, 3.63) is 22.5 Å². The number of Topliss-reactive ketones (excluding diaryl/α,β-unsaturated/α-hetero) is 2. The standard InChI is InChI=1S/C18H24N2O3/c1-17(2)5-9-13(11(21)7-17)15(16(19)23)14-10(20-9)6-18(3,4)8-12(14)22/h15,20H,5-8H2,1-4H3,(H2,19,23). The summed E-state index contributed by atoms with van der Waals surface area (Å²) in [6.45, 7) is 8.15. The van der Waals surface area contributed by atoms with Gasteiger partial charge in [0.25, 0.3) is 0 Å². The van der Waals surface area contributed by atoms with E-state index in [1.54, 1.807) is 0 Å². The van der Waals surface area contributed by atoms with Gasteiger partial charge in [-0.15, -0.1) is 0 Å². The van der Waals surface area contributed by atoms with Crippen molar-refractivity contribution < 1.29 is 14.4 Å². The van der Waals surface area contributed by atoms with Crippen molar-refractivity contribution in [3.8, 4) is 0 Å². The zero-order chi connectivity index (χ0) is 17.2. The van der Waals surface area contributed by atoms with E-state index in [-0.39, 0.29) is 22.4 Å². The molecular weight excluding hydrogens is 292 g/mol. The Morgan fingerprint density at radius 1 is 0.913 bits per heavy atom. The lowest BCUT2D eigenvalue weighted by Gasteiger charge is -2.42. The molecule has 0 spiro atoms. The summed E-state index contributed by atoms with van der Waals surface area (Å²) in [6, 6.07) is 0. The van der Waals surface area contributed by atoms with Crippen molar-refractivity contribution in [1.82, 2.24) is 5.32 Å². The Kier molecular flexibility index (Phi) is 3.33. The van der Waals surface area contributed by atoms with E-state index in [4.69, 9.17) is 5.73 Å². The first kappa shape index (κ1) is 16.0. The van der Waals surface area contributed by atoms with Gasteiger partial charge < -0.3 is 11.1 Å². The number of ketones is 2. The Labute approximate surface area is 136 Å². The molecule has 1 amide bonds. The van der Waals surface area contributed by atoms with Crippen molar-refractivity contribution in [3.63, 3.8) is 0 Å². The van der Waals surface area contributed by atoms with Crippen LogP contribution in [0.4, 0.5) is 0 Å². The Morgan fingerprint density at radius 3 is 1.65 bits per heavy atom. The number of carbonyl (C=O) groups excluding carboxylic acids is 3. The zero-order valence-electron chi connectivity index (χ0n) is 14.2. The number of hydrogen-bond donors (Lipinski definition) is 2. The maximum absolute atomic E-state index is 12.6. The van der Waals surface area contributed by atoms with Crippen LogP contribution < -0.4 is 11.1 Å². The summed E-state index contributed by atoms with van der Waals surface area (Å²) in [5.41, 5.74) is 7.68. The highest BCUT2D eigenvalue weighted by atomic mass is 16.2. The van der Waals surface area contributed by atoms with Crippen LogP contribution in [0, 0.1) is 16.7 Å². The van der Waals surface area contributed by atoms with Crippen LogP contribution in [-0.4, -0.2) is 17.5 Å². The molecule has 0 unspecified atom stereocenters. The second kappa shape index (κ2) is 4.79. The van der Waals surface area contributed by atoms with E-state index in [9.17, 15) is 14.4 Å². The molecule has 3 rings (SSSR count). The van der Waals surface area contributed by atoms with Gasteiger partial charge >= 0.3 is 0 Å². The molecule has 0 fully saturated rings. The van der Waals surface area contributed by atoms with Crippen LogP contribution in [0.5, 0.6) is 0 Å². The third kappa shape index (κ3) is 2.62. The quantitative estimate of drug-likeness (QED) is 0.774. The highest BCUT2D eigenvalue weighted by Crippen LogP contribution is 2.47. The van der Waals surface area contributed by atoms with Gasteiger partial charge in [-0.2, -0.15) is 0 Å². The molecule has 0 aromatic carbocycles. The molecular formula is C18H24N2O3. The first-order valence-electron chi connectivity index (χ1n) is 8.10. The molecule has 0 radical (unpaired) electrons. The fourth-order valence-corrected chi connectivity index (χ4v) is 4.17. The number of amides is 1. The van der Waals surface area contributed by atoms with Gasteiger partial charge in [-0.1, -0.05) is 27.7 Å². The van der Waals surface area contributed by atoms with Crippen molar-refractivity contribution in [1.29, 1.82) is 0 Å². The average Bonchev–Trinajstić information content (AvgIpc) is 2.32. The van der Waals surface area contributed by atoms with Gasteiger partial charge in [0.1, 0.15) is 0 Å². The van der Waals surface area contributed by atoms with Gasteiger partial charge in [-0.3, -0.25) is 14.4 Å². The van der Waals surface area contributed by atoms with Crippen molar-refractivity contribution in [2.75, 3.05) is 0 Å². The van der Waals surface area contributed by atoms with Gasteiger partial charge in [-0.25, -0.2) is 0 Å². The number of rotatable bonds is 1.